The lowest BCUT2D eigenvalue weighted by molar-refractivity contribution is -0.133. The minimum Gasteiger partial charge on any atom is -0.353 e. The van der Waals surface area contributed by atoms with E-state index in [0.717, 1.165) is 58.4 Å². The fourth-order valence-electron chi connectivity index (χ4n) is 4.73. The molecule has 3 fully saturated rings. The molecule has 3 aliphatic heterocycles. The lowest BCUT2D eigenvalue weighted by atomic mass is 9.76. The molecule has 2 amide bonds. The molecule has 1 unspecified atom stereocenters. The molecular weight excluding hydrogens is 314 g/mol. The molecule has 1 aromatic carbocycles. The number of carbonyl (C=O) groups excluding carboxylic acids is 2. The van der Waals surface area contributed by atoms with Gasteiger partial charge in [0.05, 0.1) is 6.04 Å². The average molecular weight is 341 g/mol. The number of benzene rings is 1. The summed E-state index contributed by atoms with van der Waals surface area (Å²) in [4.78, 5) is 29.0. The van der Waals surface area contributed by atoms with E-state index in [4.69, 9.17) is 0 Å². The molecule has 3 aliphatic rings. The zero-order chi connectivity index (χ0) is 17.3. The first-order valence-corrected chi connectivity index (χ1v) is 9.49. The van der Waals surface area contributed by atoms with Gasteiger partial charge in [-0.3, -0.25) is 14.5 Å². The van der Waals surface area contributed by atoms with Crippen molar-refractivity contribution < 1.29 is 9.59 Å². The first-order valence-electron chi connectivity index (χ1n) is 9.49. The first kappa shape index (κ1) is 16.6. The highest BCUT2D eigenvalue weighted by Crippen LogP contribution is 2.43. The molecule has 3 heterocycles. The van der Waals surface area contributed by atoms with Crippen LogP contribution in [0.25, 0.3) is 0 Å². The Morgan fingerprint density at radius 1 is 1.16 bits per heavy atom. The molecular formula is C20H27N3O2. The van der Waals surface area contributed by atoms with Crippen LogP contribution in [0.15, 0.2) is 30.3 Å². The number of piperidine rings is 1. The number of nitrogens with zero attached hydrogens (tertiary/aromatic N) is 2. The van der Waals surface area contributed by atoms with Crippen LogP contribution in [-0.2, 0) is 16.0 Å². The number of nitrogens with one attached hydrogen (secondary N) is 1. The van der Waals surface area contributed by atoms with Gasteiger partial charge in [0.2, 0.25) is 11.8 Å². The van der Waals surface area contributed by atoms with Crippen LogP contribution in [0.3, 0.4) is 0 Å². The minimum atomic E-state index is 0.0640. The summed E-state index contributed by atoms with van der Waals surface area (Å²) in [5.41, 5.74) is 1.46. The number of carbonyl (C=O) groups is 2. The van der Waals surface area contributed by atoms with Crippen LogP contribution in [-0.4, -0.2) is 60.4 Å². The highest BCUT2D eigenvalue weighted by molar-refractivity contribution is 5.83. The molecule has 3 saturated heterocycles. The third-order valence-electron chi connectivity index (χ3n) is 6.25. The highest BCUT2D eigenvalue weighted by atomic mass is 16.2. The number of likely N-dealkylation sites (tertiary alicyclic amines) is 1. The van der Waals surface area contributed by atoms with Crippen LogP contribution < -0.4 is 5.32 Å². The van der Waals surface area contributed by atoms with Crippen molar-refractivity contribution in [1.82, 2.24) is 15.1 Å². The summed E-state index contributed by atoms with van der Waals surface area (Å²) in [7, 11) is 0. The van der Waals surface area contributed by atoms with Gasteiger partial charge in [0.1, 0.15) is 0 Å². The standard InChI is InChI=1S/C20H27N3O2/c24-18(7-6-16-4-2-1-3-5-16)22-11-8-20(9-12-22)14-17-19(25)21-10-13-23(17)15-20/h1-5,17H,6-15H2,(H,21,25). The van der Waals surface area contributed by atoms with Crippen molar-refractivity contribution in [2.24, 2.45) is 5.41 Å². The molecule has 1 atom stereocenters. The molecule has 0 aliphatic carbocycles. The van der Waals surface area contributed by atoms with E-state index < -0.39 is 0 Å². The van der Waals surface area contributed by atoms with Gasteiger partial charge in [-0.1, -0.05) is 30.3 Å². The number of rotatable bonds is 3. The topological polar surface area (TPSA) is 52.7 Å². The van der Waals surface area contributed by atoms with Crippen LogP contribution >= 0.6 is 0 Å². The van der Waals surface area contributed by atoms with Gasteiger partial charge >= 0.3 is 0 Å². The normalized spacial score (nSPS) is 25.7. The number of hydrogen-bond donors (Lipinski definition) is 1. The number of piperazine rings is 1. The maximum Gasteiger partial charge on any atom is 0.237 e. The smallest absolute Gasteiger partial charge is 0.237 e. The van der Waals surface area contributed by atoms with E-state index in [1.54, 1.807) is 0 Å². The molecule has 134 valence electrons. The number of fused-ring (bicyclic) bond motifs is 1. The Morgan fingerprint density at radius 3 is 2.64 bits per heavy atom. The summed E-state index contributed by atoms with van der Waals surface area (Å²) in [5.74, 6) is 0.469. The quantitative estimate of drug-likeness (QED) is 0.905. The number of amides is 2. The second-order valence-corrected chi connectivity index (χ2v) is 7.85. The highest BCUT2D eigenvalue weighted by Gasteiger charge is 2.49. The van der Waals surface area contributed by atoms with E-state index in [-0.39, 0.29) is 23.3 Å². The van der Waals surface area contributed by atoms with Gasteiger partial charge in [0, 0.05) is 39.1 Å². The Labute approximate surface area is 149 Å². The van der Waals surface area contributed by atoms with Crippen molar-refractivity contribution in [3.63, 3.8) is 0 Å². The van der Waals surface area contributed by atoms with Crippen molar-refractivity contribution in [3.8, 4) is 0 Å². The molecule has 25 heavy (non-hydrogen) atoms. The number of aryl methyl sites for hydroxylation is 1. The van der Waals surface area contributed by atoms with Crippen molar-refractivity contribution in [1.29, 1.82) is 0 Å². The van der Waals surface area contributed by atoms with Gasteiger partial charge in [-0.05, 0) is 36.7 Å². The Bertz CT molecular complexity index is 638. The van der Waals surface area contributed by atoms with Crippen molar-refractivity contribution in [2.75, 3.05) is 32.7 Å². The van der Waals surface area contributed by atoms with Gasteiger partial charge in [0.15, 0.2) is 0 Å². The monoisotopic (exact) mass is 341 g/mol. The summed E-state index contributed by atoms with van der Waals surface area (Å²) >= 11 is 0. The zero-order valence-electron chi connectivity index (χ0n) is 14.7. The number of hydrogen-bond acceptors (Lipinski definition) is 3. The fourth-order valence-corrected chi connectivity index (χ4v) is 4.73. The summed E-state index contributed by atoms with van der Waals surface area (Å²) in [6.45, 7) is 4.45. The molecule has 1 spiro atoms. The van der Waals surface area contributed by atoms with E-state index in [1.165, 1.54) is 5.56 Å². The lowest BCUT2D eigenvalue weighted by Crippen LogP contribution is -2.52. The maximum atomic E-state index is 12.5. The molecule has 5 nitrogen and oxygen atoms in total. The van der Waals surface area contributed by atoms with E-state index >= 15 is 0 Å². The Morgan fingerprint density at radius 2 is 1.92 bits per heavy atom. The van der Waals surface area contributed by atoms with E-state index in [2.05, 4.69) is 22.3 Å². The van der Waals surface area contributed by atoms with E-state index in [9.17, 15) is 9.59 Å². The molecule has 0 saturated carbocycles. The van der Waals surface area contributed by atoms with Crippen LogP contribution in [0, 0.1) is 5.41 Å². The molecule has 5 heteroatoms. The van der Waals surface area contributed by atoms with E-state index in [0.29, 0.717) is 6.42 Å². The maximum absolute atomic E-state index is 12.5. The molecule has 0 bridgehead atoms. The molecule has 0 radical (unpaired) electrons. The predicted octanol–water partition coefficient (Wildman–Crippen LogP) is 1.43. The van der Waals surface area contributed by atoms with Crippen molar-refractivity contribution in [2.45, 2.75) is 38.1 Å². The van der Waals surface area contributed by atoms with Gasteiger partial charge in [-0.25, -0.2) is 0 Å². The van der Waals surface area contributed by atoms with E-state index in [1.807, 2.05) is 23.1 Å². The van der Waals surface area contributed by atoms with Gasteiger partial charge in [0.25, 0.3) is 0 Å². The predicted molar refractivity (Wildman–Crippen MR) is 96.0 cm³/mol. The van der Waals surface area contributed by atoms with Crippen molar-refractivity contribution in [3.05, 3.63) is 35.9 Å². The fraction of sp³-hybridized carbons (Fsp3) is 0.600. The summed E-state index contributed by atoms with van der Waals surface area (Å²) < 4.78 is 0. The second-order valence-electron chi connectivity index (χ2n) is 7.85. The third kappa shape index (κ3) is 3.43. The molecule has 0 aromatic heterocycles. The van der Waals surface area contributed by atoms with Crippen LogP contribution in [0.1, 0.15) is 31.2 Å². The molecule has 1 aromatic rings. The summed E-state index contributed by atoms with van der Waals surface area (Å²) in [6.07, 6.45) is 4.44. The Balaban J connectivity index is 1.29. The lowest BCUT2D eigenvalue weighted by Gasteiger charge is -2.39. The molecule has 4 rings (SSSR count). The van der Waals surface area contributed by atoms with Crippen LogP contribution in [0.5, 0.6) is 0 Å². The summed E-state index contributed by atoms with van der Waals surface area (Å²) in [6, 6.07) is 10.3. The first-order chi connectivity index (χ1) is 12.2. The van der Waals surface area contributed by atoms with Gasteiger partial charge < -0.3 is 10.2 Å². The van der Waals surface area contributed by atoms with Gasteiger partial charge in [-0.15, -0.1) is 0 Å². The van der Waals surface area contributed by atoms with Gasteiger partial charge in [-0.2, -0.15) is 0 Å². The Hall–Kier alpha value is -1.88. The summed E-state index contributed by atoms with van der Waals surface area (Å²) in [5, 5.41) is 2.99. The van der Waals surface area contributed by atoms with Crippen LogP contribution in [0.4, 0.5) is 0 Å². The minimum absolute atomic E-state index is 0.0640. The zero-order valence-corrected chi connectivity index (χ0v) is 14.7. The third-order valence-corrected chi connectivity index (χ3v) is 6.25. The Kier molecular flexibility index (Phi) is 4.50. The van der Waals surface area contributed by atoms with Crippen molar-refractivity contribution >= 4 is 11.8 Å². The average Bonchev–Trinajstić information content (AvgIpc) is 3.00. The second kappa shape index (κ2) is 6.79. The van der Waals surface area contributed by atoms with Crippen LogP contribution in [0.2, 0.25) is 0 Å². The SMILES string of the molecule is O=C1NCCN2CC3(CCN(C(=O)CCc4ccccc4)CC3)CC12. The largest absolute Gasteiger partial charge is 0.353 e. The molecule has 1 N–H and O–H groups in total.